The first-order chi connectivity index (χ1) is 11.7. The predicted molar refractivity (Wildman–Crippen MR) is 91.0 cm³/mol. The molecule has 2 heterocycles. The molecule has 6 heteroatoms. The van der Waals surface area contributed by atoms with Gasteiger partial charge in [-0.1, -0.05) is 6.42 Å². The molecule has 0 aromatic carbocycles. The fourth-order valence-electron chi connectivity index (χ4n) is 4.31. The second-order valence-electron chi connectivity index (χ2n) is 7.51. The largest absolute Gasteiger partial charge is 0.381 e. The second-order valence-corrected chi connectivity index (χ2v) is 7.51. The molecular formula is C18H26N4O2. The minimum absolute atomic E-state index is 0.123. The zero-order chi connectivity index (χ0) is 16.6. The van der Waals surface area contributed by atoms with Crippen LogP contribution < -0.4 is 10.6 Å². The van der Waals surface area contributed by atoms with Gasteiger partial charge in [0.2, 0.25) is 0 Å². The van der Waals surface area contributed by atoms with Gasteiger partial charge in [-0.15, -0.1) is 0 Å². The normalized spacial score (nSPS) is 25.6. The van der Waals surface area contributed by atoms with Crippen LogP contribution in [0.15, 0.2) is 6.20 Å². The Kier molecular flexibility index (Phi) is 4.16. The van der Waals surface area contributed by atoms with Crippen molar-refractivity contribution in [1.29, 1.82) is 0 Å². The maximum atomic E-state index is 12.6. The van der Waals surface area contributed by atoms with Gasteiger partial charge < -0.3 is 15.4 Å². The molecule has 3 fully saturated rings. The van der Waals surface area contributed by atoms with Crippen molar-refractivity contribution in [2.45, 2.75) is 63.8 Å². The number of carbonyl (C=O) groups excluding carboxylic acids is 1. The topological polar surface area (TPSA) is 76.1 Å². The van der Waals surface area contributed by atoms with Crippen LogP contribution >= 0.6 is 0 Å². The van der Waals surface area contributed by atoms with E-state index in [0.717, 1.165) is 62.5 Å². The number of ether oxygens (including phenoxy) is 1. The lowest BCUT2D eigenvalue weighted by atomic mass is 9.75. The summed E-state index contributed by atoms with van der Waals surface area (Å²) in [4.78, 5) is 21.3. The fourth-order valence-corrected chi connectivity index (χ4v) is 4.31. The van der Waals surface area contributed by atoms with Crippen molar-refractivity contribution in [3.8, 4) is 0 Å². The number of carbonyl (C=O) groups is 1. The fraction of sp³-hybridized carbons (Fsp3) is 0.722. The quantitative estimate of drug-likeness (QED) is 0.893. The van der Waals surface area contributed by atoms with Crippen molar-refractivity contribution in [3.63, 3.8) is 0 Å². The Labute approximate surface area is 142 Å². The number of rotatable bonds is 3. The van der Waals surface area contributed by atoms with E-state index in [1.54, 1.807) is 6.20 Å². The smallest absolute Gasteiger partial charge is 0.319 e. The molecule has 1 aromatic rings. The van der Waals surface area contributed by atoms with Crippen LogP contribution in [0.4, 0.5) is 10.5 Å². The van der Waals surface area contributed by atoms with Crippen LogP contribution in [-0.4, -0.2) is 35.3 Å². The Morgan fingerprint density at radius 2 is 2.04 bits per heavy atom. The predicted octanol–water partition coefficient (Wildman–Crippen LogP) is 3.13. The summed E-state index contributed by atoms with van der Waals surface area (Å²) in [5, 5.41) is 6.23. The molecule has 3 aliphatic rings. The highest BCUT2D eigenvalue weighted by Crippen LogP contribution is 2.46. The number of amides is 2. The second kappa shape index (κ2) is 6.31. The zero-order valence-corrected chi connectivity index (χ0v) is 14.3. The van der Waals surface area contributed by atoms with Gasteiger partial charge >= 0.3 is 6.03 Å². The summed E-state index contributed by atoms with van der Waals surface area (Å²) in [6.07, 6.45) is 9.60. The summed E-state index contributed by atoms with van der Waals surface area (Å²) >= 11 is 0. The van der Waals surface area contributed by atoms with Crippen LogP contribution in [0, 0.1) is 12.3 Å². The van der Waals surface area contributed by atoms with Crippen molar-refractivity contribution < 1.29 is 9.53 Å². The molecule has 2 aliphatic carbocycles. The van der Waals surface area contributed by atoms with E-state index in [1.165, 1.54) is 12.8 Å². The van der Waals surface area contributed by atoms with Crippen molar-refractivity contribution in [1.82, 2.24) is 15.3 Å². The van der Waals surface area contributed by atoms with E-state index in [9.17, 15) is 4.79 Å². The van der Waals surface area contributed by atoms with Gasteiger partial charge in [0.05, 0.1) is 17.6 Å². The summed E-state index contributed by atoms with van der Waals surface area (Å²) in [5.41, 5.74) is 1.99. The SMILES string of the molecule is Cc1ncc(NC(=O)N[C@H]2CCCC23CCOCC3)c(C2CC2)n1. The average Bonchev–Trinajstić information content (AvgIpc) is 3.36. The monoisotopic (exact) mass is 330 g/mol. The zero-order valence-electron chi connectivity index (χ0n) is 14.3. The number of hydrogen-bond donors (Lipinski definition) is 2. The summed E-state index contributed by atoms with van der Waals surface area (Å²) in [6, 6.07) is 0.124. The van der Waals surface area contributed by atoms with Gasteiger partial charge in [-0.05, 0) is 50.9 Å². The maximum absolute atomic E-state index is 12.6. The molecule has 2 amide bonds. The standard InChI is InChI=1S/C18H26N4O2/c1-12-19-11-14(16(20-12)13-4-5-13)21-17(23)22-15-3-2-6-18(15)7-9-24-10-8-18/h11,13,15H,2-10H2,1H3,(H2,21,22,23)/t15-/m0/s1. The first-order valence-corrected chi connectivity index (χ1v) is 9.15. The van der Waals surface area contributed by atoms with E-state index in [2.05, 4.69) is 20.6 Å². The minimum atomic E-state index is -0.123. The molecule has 1 aliphatic heterocycles. The molecule has 1 aromatic heterocycles. The van der Waals surface area contributed by atoms with E-state index in [4.69, 9.17) is 4.74 Å². The van der Waals surface area contributed by atoms with Gasteiger partial charge in [0.15, 0.2) is 0 Å². The minimum Gasteiger partial charge on any atom is -0.381 e. The van der Waals surface area contributed by atoms with Crippen molar-refractivity contribution >= 4 is 11.7 Å². The highest BCUT2D eigenvalue weighted by molar-refractivity contribution is 5.90. The third-order valence-corrected chi connectivity index (χ3v) is 5.85. The van der Waals surface area contributed by atoms with Crippen LogP contribution in [0.5, 0.6) is 0 Å². The lowest BCUT2D eigenvalue weighted by molar-refractivity contribution is 0.00652. The Bertz CT molecular complexity index is 623. The molecule has 0 radical (unpaired) electrons. The molecule has 2 N–H and O–H groups in total. The van der Waals surface area contributed by atoms with Crippen LogP contribution in [0.3, 0.4) is 0 Å². The first kappa shape index (κ1) is 15.8. The Morgan fingerprint density at radius 3 is 2.79 bits per heavy atom. The highest BCUT2D eigenvalue weighted by atomic mass is 16.5. The summed E-state index contributed by atoms with van der Waals surface area (Å²) in [5.74, 6) is 1.25. The average molecular weight is 330 g/mol. The Morgan fingerprint density at radius 1 is 1.25 bits per heavy atom. The van der Waals surface area contributed by atoms with Crippen LogP contribution in [0.2, 0.25) is 0 Å². The van der Waals surface area contributed by atoms with Gasteiger partial charge in [-0.2, -0.15) is 0 Å². The van der Waals surface area contributed by atoms with Crippen LogP contribution in [0.1, 0.15) is 62.4 Å². The number of nitrogens with one attached hydrogen (secondary N) is 2. The highest BCUT2D eigenvalue weighted by Gasteiger charge is 2.44. The molecule has 0 unspecified atom stereocenters. The molecule has 130 valence electrons. The van der Waals surface area contributed by atoms with E-state index < -0.39 is 0 Å². The number of anilines is 1. The van der Waals surface area contributed by atoms with Gasteiger partial charge in [0.25, 0.3) is 0 Å². The molecule has 4 rings (SSSR count). The van der Waals surface area contributed by atoms with Gasteiger partial charge in [-0.25, -0.2) is 14.8 Å². The summed E-state index contributed by atoms with van der Waals surface area (Å²) in [6.45, 7) is 3.53. The lowest BCUT2D eigenvalue weighted by Gasteiger charge is -2.39. The van der Waals surface area contributed by atoms with E-state index >= 15 is 0 Å². The summed E-state index contributed by atoms with van der Waals surface area (Å²) in [7, 11) is 0. The number of nitrogens with zero attached hydrogens (tertiary/aromatic N) is 2. The molecule has 1 atom stereocenters. The van der Waals surface area contributed by atoms with E-state index in [-0.39, 0.29) is 17.5 Å². The number of aryl methyl sites for hydroxylation is 1. The molecule has 24 heavy (non-hydrogen) atoms. The molecule has 2 saturated carbocycles. The number of urea groups is 1. The van der Waals surface area contributed by atoms with Crippen molar-refractivity contribution in [3.05, 3.63) is 17.7 Å². The van der Waals surface area contributed by atoms with Crippen molar-refractivity contribution in [2.24, 2.45) is 5.41 Å². The van der Waals surface area contributed by atoms with Crippen LogP contribution in [0.25, 0.3) is 0 Å². The molecule has 1 saturated heterocycles. The summed E-state index contributed by atoms with van der Waals surface area (Å²) < 4.78 is 5.52. The molecular weight excluding hydrogens is 304 g/mol. The first-order valence-electron chi connectivity index (χ1n) is 9.15. The van der Waals surface area contributed by atoms with Gasteiger partial charge in [0.1, 0.15) is 5.82 Å². The molecule has 0 bridgehead atoms. The molecule has 6 nitrogen and oxygen atoms in total. The van der Waals surface area contributed by atoms with E-state index in [0.29, 0.717) is 5.92 Å². The van der Waals surface area contributed by atoms with Gasteiger partial charge in [-0.3, -0.25) is 0 Å². The van der Waals surface area contributed by atoms with E-state index in [1.807, 2.05) is 6.92 Å². The molecule has 1 spiro atoms. The van der Waals surface area contributed by atoms with Gasteiger partial charge in [0, 0.05) is 25.2 Å². The third kappa shape index (κ3) is 3.11. The van der Waals surface area contributed by atoms with Crippen LogP contribution in [-0.2, 0) is 4.74 Å². The Hall–Kier alpha value is -1.69. The number of aromatic nitrogens is 2. The maximum Gasteiger partial charge on any atom is 0.319 e. The Balaban J connectivity index is 1.43. The third-order valence-electron chi connectivity index (χ3n) is 5.85. The van der Waals surface area contributed by atoms with Crippen molar-refractivity contribution in [2.75, 3.05) is 18.5 Å². The number of hydrogen-bond acceptors (Lipinski definition) is 4. The lowest BCUT2D eigenvalue weighted by Crippen LogP contribution is -2.48.